The molecule has 72 valence electrons. The Kier molecular flexibility index (Phi) is 3.69. The monoisotopic (exact) mass is 189 g/mol. The molecule has 0 unspecified atom stereocenters. The Morgan fingerprint density at radius 3 is 2.93 bits per heavy atom. The first kappa shape index (κ1) is 10.3. The number of carbonyl (C=O) groups is 1. The molecule has 0 N–H and O–H groups in total. The Bertz CT molecular complexity index is 371. The Hall–Kier alpha value is -1.82. The molecule has 0 amide bonds. The third-order valence-electron chi connectivity index (χ3n) is 1.48. The topological polar surface area (TPSA) is 39.2 Å². The largest absolute Gasteiger partial charge is 0.456 e. The Balaban J connectivity index is 2.68. The SMILES string of the molecule is CCOC(=O)C#Cc1ccc(C)cn1. The molecule has 14 heavy (non-hydrogen) atoms. The second kappa shape index (κ2) is 5.03. The second-order valence-corrected chi connectivity index (χ2v) is 2.69. The van der Waals surface area contributed by atoms with E-state index >= 15 is 0 Å². The molecule has 0 aliphatic heterocycles. The molecule has 0 aromatic carbocycles. The normalized spacial score (nSPS) is 8.71. The highest BCUT2D eigenvalue weighted by Crippen LogP contribution is 1.96. The maximum absolute atomic E-state index is 10.9. The molecule has 0 atom stereocenters. The molecule has 0 aliphatic carbocycles. The van der Waals surface area contributed by atoms with Crippen molar-refractivity contribution >= 4 is 5.97 Å². The number of pyridine rings is 1. The van der Waals surface area contributed by atoms with Crippen LogP contribution in [0.4, 0.5) is 0 Å². The van der Waals surface area contributed by atoms with Crippen molar-refractivity contribution in [2.75, 3.05) is 6.61 Å². The summed E-state index contributed by atoms with van der Waals surface area (Å²) in [6.45, 7) is 4.02. The maximum atomic E-state index is 10.9. The first-order valence-corrected chi connectivity index (χ1v) is 4.34. The highest BCUT2D eigenvalue weighted by Gasteiger charge is 1.93. The van der Waals surface area contributed by atoms with Crippen LogP contribution in [0.15, 0.2) is 18.3 Å². The van der Waals surface area contributed by atoms with E-state index in [1.54, 1.807) is 19.2 Å². The van der Waals surface area contributed by atoms with Gasteiger partial charge in [-0.25, -0.2) is 9.78 Å². The summed E-state index contributed by atoms with van der Waals surface area (Å²) in [7, 11) is 0. The molecule has 0 radical (unpaired) electrons. The summed E-state index contributed by atoms with van der Waals surface area (Å²) in [6, 6.07) is 3.66. The van der Waals surface area contributed by atoms with Gasteiger partial charge in [0.05, 0.1) is 6.61 Å². The fourth-order valence-electron chi connectivity index (χ4n) is 0.824. The first-order valence-electron chi connectivity index (χ1n) is 4.34. The average Bonchev–Trinajstić information content (AvgIpc) is 2.17. The van der Waals surface area contributed by atoms with Crippen LogP contribution in [0, 0.1) is 18.8 Å². The average molecular weight is 189 g/mol. The molecule has 0 spiro atoms. The van der Waals surface area contributed by atoms with Gasteiger partial charge in [0.1, 0.15) is 5.69 Å². The van der Waals surface area contributed by atoms with E-state index in [1.165, 1.54) is 0 Å². The molecule has 1 aromatic heterocycles. The number of aryl methyl sites for hydroxylation is 1. The summed E-state index contributed by atoms with van der Waals surface area (Å²) < 4.78 is 4.65. The molecule has 3 heteroatoms. The van der Waals surface area contributed by atoms with Crippen LogP contribution in [-0.4, -0.2) is 17.6 Å². The van der Waals surface area contributed by atoms with Gasteiger partial charge in [0.15, 0.2) is 0 Å². The van der Waals surface area contributed by atoms with Gasteiger partial charge in [-0.2, -0.15) is 0 Å². The molecule has 0 saturated carbocycles. The number of carbonyl (C=O) groups excluding carboxylic acids is 1. The van der Waals surface area contributed by atoms with Crippen LogP contribution in [0.1, 0.15) is 18.2 Å². The van der Waals surface area contributed by atoms with Crippen molar-refractivity contribution < 1.29 is 9.53 Å². The number of rotatable bonds is 1. The Morgan fingerprint density at radius 1 is 1.57 bits per heavy atom. The van der Waals surface area contributed by atoms with Crippen LogP contribution in [0.2, 0.25) is 0 Å². The number of esters is 1. The van der Waals surface area contributed by atoms with Crippen molar-refractivity contribution in [3.63, 3.8) is 0 Å². The Morgan fingerprint density at radius 2 is 2.36 bits per heavy atom. The van der Waals surface area contributed by atoms with Crippen molar-refractivity contribution in [3.05, 3.63) is 29.6 Å². The zero-order valence-electron chi connectivity index (χ0n) is 8.20. The van der Waals surface area contributed by atoms with Crippen LogP contribution < -0.4 is 0 Å². The highest BCUT2D eigenvalue weighted by atomic mass is 16.5. The van der Waals surface area contributed by atoms with Gasteiger partial charge in [0.2, 0.25) is 0 Å². The summed E-state index contributed by atoms with van der Waals surface area (Å²) in [5, 5.41) is 0. The zero-order valence-corrected chi connectivity index (χ0v) is 8.20. The van der Waals surface area contributed by atoms with Crippen LogP contribution in [0.25, 0.3) is 0 Å². The van der Waals surface area contributed by atoms with Crippen molar-refractivity contribution in [3.8, 4) is 11.8 Å². The molecule has 0 bridgehead atoms. The van der Waals surface area contributed by atoms with Gasteiger partial charge < -0.3 is 4.74 Å². The van der Waals surface area contributed by atoms with Crippen molar-refractivity contribution in [1.82, 2.24) is 4.98 Å². The van der Waals surface area contributed by atoms with Gasteiger partial charge in [0.25, 0.3) is 0 Å². The minimum Gasteiger partial charge on any atom is -0.456 e. The lowest BCUT2D eigenvalue weighted by molar-refractivity contribution is -0.136. The van der Waals surface area contributed by atoms with E-state index in [4.69, 9.17) is 0 Å². The third-order valence-corrected chi connectivity index (χ3v) is 1.48. The predicted octanol–water partition coefficient (Wildman–Crippen LogP) is 1.30. The predicted molar refractivity (Wildman–Crippen MR) is 52.5 cm³/mol. The second-order valence-electron chi connectivity index (χ2n) is 2.69. The summed E-state index contributed by atoms with van der Waals surface area (Å²) in [5.41, 5.74) is 1.63. The van der Waals surface area contributed by atoms with E-state index in [9.17, 15) is 4.79 Å². The standard InChI is InChI=1S/C11H11NO2/c1-3-14-11(13)7-6-10-5-4-9(2)8-12-10/h4-5,8H,3H2,1-2H3. The minimum atomic E-state index is -0.519. The van der Waals surface area contributed by atoms with E-state index in [-0.39, 0.29) is 0 Å². The smallest absolute Gasteiger partial charge is 0.384 e. The molecule has 1 heterocycles. The van der Waals surface area contributed by atoms with Gasteiger partial charge in [-0.3, -0.25) is 0 Å². The van der Waals surface area contributed by atoms with Crippen LogP contribution in [0.5, 0.6) is 0 Å². The van der Waals surface area contributed by atoms with E-state index in [2.05, 4.69) is 21.6 Å². The molecule has 0 aliphatic rings. The Labute approximate surface area is 83.1 Å². The van der Waals surface area contributed by atoms with Crippen LogP contribution in [-0.2, 0) is 9.53 Å². The number of ether oxygens (including phenoxy) is 1. The fraction of sp³-hybridized carbons (Fsp3) is 0.273. The number of hydrogen-bond donors (Lipinski definition) is 0. The van der Waals surface area contributed by atoms with E-state index in [1.807, 2.05) is 13.0 Å². The summed E-state index contributed by atoms with van der Waals surface area (Å²) >= 11 is 0. The lowest BCUT2D eigenvalue weighted by Crippen LogP contribution is -1.99. The van der Waals surface area contributed by atoms with Gasteiger partial charge in [0, 0.05) is 12.1 Å². The maximum Gasteiger partial charge on any atom is 0.384 e. The third kappa shape index (κ3) is 3.28. The zero-order chi connectivity index (χ0) is 10.4. The molecule has 3 nitrogen and oxygen atoms in total. The van der Waals surface area contributed by atoms with Crippen molar-refractivity contribution in [2.45, 2.75) is 13.8 Å². The molecular formula is C11H11NO2. The minimum absolute atomic E-state index is 0.342. The van der Waals surface area contributed by atoms with Gasteiger partial charge in [-0.15, -0.1) is 0 Å². The lowest BCUT2D eigenvalue weighted by atomic mass is 10.3. The van der Waals surface area contributed by atoms with Crippen LogP contribution in [0.3, 0.4) is 0 Å². The molecule has 0 fully saturated rings. The first-order chi connectivity index (χ1) is 6.72. The van der Waals surface area contributed by atoms with Crippen LogP contribution >= 0.6 is 0 Å². The molecule has 1 aromatic rings. The number of hydrogen-bond acceptors (Lipinski definition) is 3. The van der Waals surface area contributed by atoms with E-state index in [0.717, 1.165) is 5.56 Å². The fourth-order valence-corrected chi connectivity index (χ4v) is 0.824. The number of nitrogens with zero attached hydrogens (tertiary/aromatic N) is 1. The summed E-state index contributed by atoms with van der Waals surface area (Å²) in [6.07, 6.45) is 1.70. The van der Waals surface area contributed by atoms with E-state index < -0.39 is 5.97 Å². The molecule has 1 rings (SSSR count). The van der Waals surface area contributed by atoms with Crippen molar-refractivity contribution in [2.24, 2.45) is 0 Å². The highest BCUT2D eigenvalue weighted by molar-refractivity contribution is 5.88. The van der Waals surface area contributed by atoms with E-state index in [0.29, 0.717) is 12.3 Å². The van der Waals surface area contributed by atoms with Gasteiger partial charge >= 0.3 is 5.97 Å². The summed E-state index contributed by atoms with van der Waals surface area (Å²) in [5.74, 6) is 4.45. The van der Waals surface area contributed by atoms with Gasteiger partial charge in [-0.05, 0) is 31.4 Å². The van der Waals surface area contributed by atoms with Gasteiger partial charge in [-0.1, -0.05) is 6.07 Å². The van der Waals surface area contributed by atoms with Crippen molar-refractivity contribution in [1.29, 1.82) is 0 Å². The summed E-state index contributed by atoms with van der Waals surface area (Å²) in [4.78, 5) is 14.9. The molecular weight excluding hydrogens is 178 g/mol. The quantitative estimate of drug-likeness (QED) is 0.494. The molecule has 0 saturated heterocycles. The number of aromatic nitrogens is 1. The lowest BCUT2D eigenvalue weighted by Gasteiger charge is -1.92.